The summed E-state index contributed by atoms with van der Waals surface area (Å²) in [7, 11) is 0. The van der Waals surface area contributed by atoms with Crippen molar-refractivity contribution in [1.29, 1.82) is 0 Å². The molecule has 7 heavy (non-hydrogen) atoms. The first-order chi connectivity index (χ1) is 3.39. The molecule has 0 atom stereocenters. The molecule has 0 bridgehead atoms. The Morgan fingerprint density at radius 2 is 2.57 bits per heavy atom. The van der Waals surface area contributed by atoms with Crippen LogP contribution >= 0.6 is 11.6 Å². The molecule has 0 aromatic carbocycles. The maximum absolute atomic E-state index is 5.28. The third-order valence-electron chi connectivity index (χ3n) is 0.442. The van der Waals surface area contributed by atoms with Crippen molar-refractivity contribution >= 4 is 11.6 Å². The van der Waals surface area contributed by atoms with E-state index in [0.29, 0.717) is 0 Å². The Morgan fingerprint density at radius 3 is 2.86 bits per heavy atom. The molecule has 1 aromatic heterocycles. The summed E-state index contributed by atoms with van der Waals surface area (Å²) in [5.41, 5.74) is 0. The number of nitrogens with zero attached hydrogens (tertiary/aromatic N) is 2. The van der Waals surface area contributed by atoms with Crippen LogP contribution in [0.1, 0.15) is 0 Å². The first kappa shape index (κ1) is 4.53. The molecule has 0 N–H and O–H groups in total. The Hall–Kier alpha value is -0.630. The van der Waals surface area contributed by atoms with E-state index in [0.717, 1.165) is 0 Å². The highest BCUT2D eigenvalue weighted by atomic mass is 35.5. The lowest BCUT2D eigenvalue weighted by Crippen LogP contribution is -1.73. The molecule has 0 aliphatic heterocycles. The summed E-state index contributed by atoms with van der Waals surface area (Å²) < 4.78 is 0. The Balaban J connectivity index is 3.02. The highest BCUT2D eigenvalue weighted by molar-refractivity contribution is 6.29. The summed E-state index contributed by atoms with van der Waals surface area (Å²) in [5, 5.41) is 0.252. The smallest absolute Gasteiger partial charge is 0.157 e. The number of hydrogen-bond acceptors (Lipinski definition) is 2. The van der Waals surface area contributed by atoms with Crippen LogP contribution in [0, 0.1) is 12.4 Å². The molecule has 1 aromatic rings. The van der Waals surface area contributed by atoms with E-state index in [2.05, 4.69) is 22.4 Å². The summed E-state index contributed by atoms with van der Waals surface area (Å²) in [6, 6.07) is 0. The molecule has 3 heteroatoms. The predicted octanol–water partition coefficient (Wildman–Crippen LogP) is 0.730. The minimum absolute atomic E-state index is 0.252. The van der Waals surface area contributed by atoms with Gasteiger partial charge in [-0.15, -0.1) is 0 Å². The van der Waals surface area contributed by atoms with Crippen molar-refractivity contribution in [2.45, 2.75) is 0 Å². The van der Waals surface area contributed by atoms with E-state index < -0.39 is 0 Å². The first-order valence-electron chi connectivity index (χ1n) is 1.66. The second kappa shape index (κ2) is 1.89. The van der Waals surface area contributed by atoms with Gasteiger partial charge >= 0.3 is 0 Å². The van der Waals surface area contributed by atoms with Gasteiger partial charge in [0.2, 0.25) is 0 Å². The van der Waals surface area contributed by atoms with E-state index in [4.69, 9.17) is 11.6 Å². The normalized spacial score (nSPS) is 8.71. The molecular weight excluding hydrogens is 112 g/mol. The number of rotatable bonds is 0. The average molecular weight is 113 g/mol. The fourth-order valence-electron chi connectivity index (χ4n) is 0.225. The Bertz CT molecular complexity index is 140. The molecule has 0 amide bonds. The SMILES string of the molecule is Clc1[c]nc[c]n1. The van der Waals surface area contributed by atoms with Crippen molar-refractivity contribution in [3.63, 3.8) is 0 Å². The third kappa shape index (κ3) is 1.12. The van der Waals surface area contributed by atoms with Gasteiger partial charge in [0.25, 0.3) is 0 Å². The van der Waals surface area contributed by atoms with Crippen LogP contribution in [-0.2, 0) is 0 Å². The first-order valence-corrected chi connectivity index (χ1v) is 2.03. The summed E-state index contributed by atoms with van der Waals surface area (Å²) in [4.78, 5) is 7.01. The zero-order valence-corrected chi connectivity index (χ0v) is 4.11. The maximum Gasteiger partial charge on any atom is 0.157 e. The zero-order valence-electron chi connectivity index (χ0n) is 3.35. The number of aromatic nitrogens is 2. The summed E-state index contributed by atoms with van der Waals surface area (Å²) >= 11 is 5.28. The second-order valence-corrected chi connectivity index (χ2v) is 1.26. The van der Waals surface area contributed by atoms with E-state index >= 15 is 0 Å². The predicted molar refractivity (Wildman–Crippen MR) is 24.7 cm³/mol. The highest BCUT2D eigenvalue weighted by Gasteiger charge is 1.80. The topological polar surface area (TPSA) is 25.8 Å². The van der Waals surface area contributed by atoms with E-state index in [9.17, 15) is 0 Å². The van der Waals surface area contributed by atoms with Gasteiger partial charge in [-0.25, -0.2) is 9.97 Å². The molecule has 1 rings (SSSR count). The van der Waals surface area contributed by atoms with Crippen LogP contribution in [0.25, 0.3) is 0 Å². The van der Waals surface area contributed by atoms with Gasteiger partial charge in [-0.05, 0) is 0 Å². The van der Waals surface area contributed by atoms with E-state index in [1.54, 1.807) is 0 Å². The van der Waals surface area contributed by atoms with Gasteiger partial charge in [0.05, 0.1) is 6.20 Å². The number of hydrogen-bond donors (Lipinski definition) is 0. The van der Waals surface area contributed by atoms with E-state index in [1.807, 2.05) is 0 Å². The summed E-state index contributed by atoms with van der Waals surface area (Å²) in [6.45, 7) is 0. The minimum atomic E-state index is 0.252. The van der Waals surface area contributed by atoms with Crippen LogP contribution in [0.5, 0.6) is 0 Å². The fourth-order valence-corrected chi connectivity index (χ4v) is 0.323. The lowest BCUT2D eigenvalue weighted by molar-refractivity contribution is 1.18. The van der Waals surface area contributed by atoms with Crippen LogP contribution in [0.4, 0.5) is 0 Å². The third-order valence-corrected chi connectivity index (χ3v) is 0.611. The van der Waals surface area contributed by atoms with Gasteiger partial charge in [-0.3, -0.25) is 0 Å². The Labute approximate surface area is 46.2 Å². The average Bonchev–Trinajstić information content (AvgIpc) is 1.69. The largest absolute Gasteiger partial charge is 0.249 e. The molecule has 2 nitrogen and oxygen atoms in total. The van der Waals surface area contributed by atoms with Gasteiger partial charge in [-0.1, -0.05) is 11.6 Å². The maximum atomic E-state index is 5.28. The van der Waals surface area contributed by atoms with Crippen LogP contribution in [-0.4, -0.2) is 9.97 Å². The van der Waals surface area contributed by atoms with Crippen molar-refractivity contribution in [2.24, 2.45) is 0 Å². The van der Waals surface area contributed by atoms with Crippen molar-refractivity contribution in [1.82, 2.24) is 9.97 Å². The van der Waals surface area contributed by atoms with Gasteiger partial charge in [-0.2, -0.15) is 0 Å². The van der Waals surface area contributed by atoms with Gasteiger partial charge in [0.1, 0.15) is 12.4 Å². The standard InChI is InChI=1S/C4HClN2/c5-4-3-6-1-2-7-4/h1H. The van der Waals surface area contributed by atoms with Crippen LogP contribution in [0.3, 0.4) is 0 Å². The molecule has 0 spiro atoms. The van der Waals surface area contributed by atoms with E-state index in [1.165, 1.54) is 6.20 Å². The molecule has 0 aliphatic carbocycles. The monoisotopic (exact) mass is 112 g/mol. The molecule has 0 saturated heterocycles. The molecule has 0 fully saturated rings. The van der Waals surface area contributed by atoms with Crippen LogP contribution in [0.2, 0.25) is 5.15 Å². The van der Waals surface area contributed by atoms with Crippen molar-refractivity contribution in [3.05, 3.63) is 23.7 Å². The van der Waals surface area contributed by atoms with Crippen LogP contribution in [0.15, 0.2) is 6.20 Å². The highest BCUT2D eigenvalue weighted by Crippen LogP contribution is 1.93. The molecular formula is C4HClN2. The molecule has 2 radical (unpaired) electrons. The summed E-state index contributed by atoms with van der Waals surface area (Å²) in [5.74, 6) is 0. The van der Waals surface area contributed by atoms with Gasteiger partial charge in [0, 0.05) is 0 Å². The van der Waals surface area contributed by atoms with Crippen molar-refractivity contribution in [3.8, 4) is 0 Å². The van der Waals surface area contributed by atoms with Crippen molar-refractivity contribution in [2.75, 3.05) is 0 Å². The lowest BCUT2D eigenvalue weighted by atomic mass is 10.8. The molecule has 0 aliphatic rings. The zero-order chi connectivity index (χ0) is 5.11. The molecule has 34 valence electrons. The Morgan fingerprint density at radius 1 is 1.71 bits per heavy atom. The molecule has 0 saturated carbocycles. The van der Waals surface area contributed by atoms with Gasteiger partial charge in [0.15, 0.2) is 5.15 Å². The van der Waals surface area contributed by atoms with Crippen molar-refractivity contribution < 1.29 is 0 Å². The van der Waals surface area contributed by atoms with E-state index in [-0.39, 0.29) is 5.15 Å². The fraction of sp³-hybridized carbons (Fsp3) is 0. The lowest BCUT2D eigenvalue weighted by Gasteiger charge is -1.76. The molecule has 0 unspecified atom stereocenters. The quantitative estimate of drug-likeness (QED) is 0.495. The van der Waals surface area contributed by atoms with Crippen LogP contribution < -0.4 is 0 Å². The van der Waals surface area contributed by atoms with Gasteiger partial charge < -0.3 is 0 Å². The number of halogens is 1. The minimum Gasteiger partial charge on any atom is -0.249 e. The molecule has 1 heterocycles. The second-order valence-electron chi connectivity index (χ2n) is 0.902. The summed E-state index contributed by atoms with van der Waals surface area (Å²) in [6.07, 6.45) is 6.24. The Kier molecular flexibility index (Phi) is 1.22.